The van der Waals surface area contributed by atoms with Gasteiger partial charge in [-0.2, -0.15) is 0 Å². The van der Waals surface area contributed by atoms with E-state index in [0.29, 0.717) is 22.8 Å². The molecule has 29 heavy (non-hydrogen) atoms. The van der Waals surface area contributed by atoms with Crippen molar-refractivity contribution in [2.24, 2.45) is 9.98 Å². The molecule has 0 radical (unpaired) electrons. The smallest absolute Gasteiger partial charge is 0.226 e. The average Bonchev–Trinajstić information content (AvgIpc) is 3.21. The number of para-hydroxylation sites is 1. The van der Waals surface area contributed by atoms with Crippen LogP contribution in [0.3, 0.4) is 0 Å². The summed E-state index contributed by atoms with van der Waals surface area (Å²) in [6.07, 6.45) is 0. The van der Waals surface area contributed by atoms with Gasteiger partial charge in [-0.25, -0.2) is 9.98 Å². The number of carbonyl (C=O) groups is 1. The molecular weight excluding hydrogens is 362 g/mol. The highest BCUT2D eigenvalue weighted by Crippen LogP contribution is 2.39. The number of aliphatic imine (C=N–C) groups is 2. The maximum Gasteiger partial charge on any atom is 0.226 e. The van der Waals surface area contributed by atoms with Gasteiger partial charge in [0.25, 0.3) is 0 Å². The number of guanidine groups is 1. The summed E-state index contributed by atoms with van der Waals surface area (Å²) in [5, 5.41) is 3.39. The number of nitrogens with zero attached hydrogens (tertiary/aromatic N) is 4. The van der Waals surface area contributed by atoms with Crippen LogP contribution >= 0.6 is 0 Å². The summed E-state index contributed by atoms with van der Waals surface area (Å²) >= 11 is 0. The van der Waals surface area contributed by atoms with Gasteiger partial charge in [-0.15, -0.1) is 0 Å². The van der Waals surface area contributed by atoms with Crippen molar-refractivity contribution in [3.05, 3.63) is 70.9 Å². The molecule has 2 aromatic rings. The van der Waals surface area contributed by atoms with Crippen LogP contribution in [0.1, 0.15) is 21.5 Å². The number of ketones is 1. The minimum absolute atomic E-state index is 0.0147. The van der Waals surface area contributed by atoms with Crippen molar-refractivity contribution in [1.29, 1.82) is 0 Å². The molecule has 0 unspecified atom stereocenters. The van der Waals surface area contributed by atoms with E-state index >= 15 is 0 Å². The quantitative estimate of drug-likeness (QED) is 0.863. The molecule has 1 fully saturated rings. The number of fused-ring (bicyclic) bond motifs is 3. The Kier molecular flexibility index (Phi) is 4.28. The first-order valence-electron chi connectivity index (χ1n) is 9.93. The molecular formula is C23H23N5O. The molecule has 5 rings (SSSR count). The van der Waals surface area contributed by atoms with Crippen LogP contribution in [-0.2, 0) is 0 Å². The van der Waals surface area contributed by atoms with Crippen molar-refractivity contribution < 1.29 is 4.79 Å². The van der Waals surface area contributed by atoms with E-state index < -0.39 is 0 Å². The number of hydrogen-bond acceptors (Lipinski definition) is 6. The molecule has 0 amide bonds. The number of carbonyl (C=O) groups excluding carboxylic acids is 1. The summed E-state index contributed by atoms with van der Waals surface area (Å²) in [5.41, 5.74) is 5.67. The third-order valence-corrected chi connectivity index (χ3v) is 5.57. The monoisotopic (exact) mass is 385 g/mol. The molecule has 0 bridgehead atoms. The van der Waals surface area contributed by atoms with E-state index in [9.17, 15) is 4.79 Å². The summed E-state index contributed by atoms with van der Waals surface area (Å²) in [6.45, 7) is 3.70. The second kappa shape index (κ2) is 6.97. The molecule has 2 heterocycles. The van der Waals surface area contributed by atoms with E-state index in [1.165, 1.54) is 0 Å². The zero-order chi connectivity index (χ0) is 20.0. The predicted molar refractivity (Wildman–Crippen MR) is 117 cm³/mol. The van der Waals surface area contributed by atoms with Gasteiger partial charge in [-0.1, -0.05) is 42.5 Å². The SMILES string of the molecule is CN(C)C1=NC2=C(c3ccccc3N3CCNCC3)C(=O)c3ccccc3C2=N1. The predicted octanol–water partition coefficient (Wildman–Crippen LogP) is 2.42. The minimum Gasteiger partial charge on any atom is -0.368 e. The van der Waals surface area contributed by atoms with Crippen LogP contribution in [0.2, 0.25) is 0 Å². The lowest BCUT2D eigenvalue weighted by atomic mass is 9.83. The van der Waals surface area contributed by atoms with Crippen LogP contribution in [0.15, 0.2) is 64.2 Å². The molecule has 0 atom stereocenters. The molecule has 0 saturated carbocycles. The topological polar surface area (TPSA) is 60.3 Å². The van der Waals surface area contributed by atoms with Gasteiger partial charge in [-0.3, -0.25) is 4.79 Å². The molecule has 1 aliphatic carbocycles. The fourth-order valence-corrected chi connectivity index (χ4v) is 4.14. The van der Waals surface area contributed by atoms with Gasteiger partial charge < -0.3 is 15.1 Å². The molecule has 1 saturated heterocycles. The molecule has 6 heteroatoms. The lowest BCUT2D eigenvalue weighted by Crippen LogP contribution is -2.44. The van der Waals surface area contributed by atoms with Gasteiger partial charge in [0.15, 0.2) is 5.78 Å². The van der Waals surface area contributed by atoms with Crippen LogP contribution < -0.4 is 10.2 Å². The van der Waals surface area contributed by atoms with Crippen LogP contribution in [-0.4, -0.2) is 62.6 Å². The Labute approximate surface area is 170 Å². The second-order valence-electron chi connectivity index (χ2n) is 7.62. The van der Waals surface area contributed by atoms with Crippen LogP contribution in [0.4, 0.5) is 5.69 Å². The number of nitrogens with one attached hydrogen (secondary N) is 1. The van der Waals surface area contributed by atoms with Crippen molar-refractivity contribution in [2.75, 3.05) is 45.2 Å². The van der Waals surface area contributed by atoms with Crippen LogP contribution in [0, 0.1) is 0 Å². The summed E-state index contributed by atoms with van der Waals surface area (Å²) in [7, 11) is 3.84. The van der Waals surface area contributed by atoms with E-state index in [2.05, 4.69) is 16.3 Å². The van der Waals surface area contributed by atoms with Crippen molar-refractivity contribution in [3.8, 4) is 0 Å². The highest BCUT2D eigenvalue weighted by atomic mass is 16.1. The van der Waals surface area contributed by atoms with E-state index in [1.54, 1.807) is 0 Å². The Morgan fingerprint density at radius 1 is 0.897 bits per heavy atom. The minimum atomic E-state index is 0.0147. The summed E-state index contributed by atoms with van der Waals surface area (Å²) in [4.78, 5) is 27.4. The van der Waals surface area contributed by atoms with Crippen LogP contribution in [0.5, 0.6) is 0 Å². The average molecular weight is 385 g/mol. The third kappa shape index (κ3) is 2.87. The third-order valence-electron chi connectivity index (χ3n) is 5.57. The van der Waals surface area contributed by atoms with E-state index in [-0.39, 0.29) is 5.78 Å². The molecule has 0 aromatic heterocycles. The number of rotatable bonds is 2. The van der Waals surface area contributed by atoms with Gasteiger partial charge >= 0.3 is 0 Å². The number of benzene rings is 2. The molecule has 6 nitrogen and oxygen atoms in total. The molecule has 0 spiro atoms. The Balaban J connectivity index is 1.74. The van der Waals surface area contributed by atoms with Gasteiger partial charge in [0.05, 0.1) is 5.57 Å². The Morgan fingerprint density at radius 2 is 1.55 bits per heavy atom. The molecule has 2 aromatic carbocycles. The highest BCUT2D eigenvalue weighted by molar-refractivity contribution is 6.43. The lowest BCUT2D eigenvalue weighted by molar-refractivity contribution is 0.105. The molecule has 146 valence electrons. The molecule has 2 aliphatic heterocycles. The first-order chi connectivity index (χ1) is 14.1. The first kappa shape index (κ1) is 17.8. The number of hydrogen-bond donors (Lipinski definition) is 1. The zero-order valence-electron chi connectivity index (χ0n) is 16.6. The normalized spacial score (nSPS) is 18.3. The maximum absolute atomic E-state index is 13.6. The summed E-state index contributed by atoms with van der Waals surface area (Å²) < 4.78 is 0. The van der Waals surface area contributed by atoms with Crippen molar-refractivity contribution in [2.45, 2.75) is 0 Å². The Morgan fingerprint density at radius 3 is 2.28 bits per heavy atom. The fourth-order valence-electron chi connectivity index (χ4n) is 4.14. The summed E-state index contributed by atoms with van der Waals surface area (Å²) in [5.74, 6) is 0.637. The van der Waals surface area contributed by atoms with Gasteiger partial charge in [0.2, 0.25) is 5.96 Å². The Bertz CT molecular complexity index is 1090. The number of piperazine rings is 1. The number of allylic oxidation sites excluding steroid dienone is 2. The van der Waals surface area contributed by atoms with Gasteiger partial charge in [0.1, 0.15) is 11.4 Å². The van der Waals surface area contributed by atoms with E-state index in [1.807, 2.05) is 61.5 Å². The maximum atomic E-state index is 13.6. The largest absolute Gasteiger partial charge is 0.368 e. The van der Waals surface area contributed by atoms with E-state index in [4.69, 9.17) is 9.98 Å². The van der Waals surface area contributed by atoms with Gasteiger partial charge in [-0.05, 0) is 6.07 Å². The number of anilines is 1. The first-order valence-corrected chi connectivity index (χ1v) is 9.93. The lowest BCUT2D eigenvalue weighted by Gasteiger charge is -2.32. The van der Waals surface area contributed by atoms with E-state index in [0.717, 1.165) is 48.7 Å². The van der Waals surface area contributed by atoms with Crippen molar-refractivity contribution in [1.82, 2.24) is 10.2 Å². The van der Waals surface area contributed by atoms with Gasteiger partial charge in [0, 0.05) is 62.7 Å². The standard InChI is InChI=1S/C23H23N5O/c1-27(2)23-25-20-15-7-3-4-8-16(15)22(29)19(21(20)26-23)17-9-5-6-10-18(17)28-13-11-24-12-14-28/h3-10,24H,11-14H2,1-2H3. The van der Waals surface area contributed by atoms with Crippen molar-refractivity contribution >= 4 is 28.7 Å². The second-order valence-corrected chi connectivity index (χ2v) is 7.62. The van der Waals surface area contributed by atoms with Crippen molar-refractivity contribution in [3.63, 3.8) is 0 Å². The molecule has 1 N–H and O–H groups in total. The summed E-state index contributed by atoms with van der Waals surface area (Å²) in [6, 6.07) is 15.9. The highest BCUT2D eigenvalue weighted by Gasteiger charge is 2.36. The van der Waals surface area contributed by atoms with Crippen LogP contribution in [0.25, 0.3) is 5.57 Å². The molecule has 3 aliphatic rings. The Hall–Kier alpha value is -3.25. The zero-order valence-corrected chi connectivity index (χ0v) is 16.6. The fraction of sp³-hybridized carbons (Fsp3) is 0.261. The number of Topliss-reactive ketones (excluding diaryl/α,β-unsaturated/α-hetero) is 1.